The molecule has 1 unspecified atom stereocenters. The van der Waals surface area contributed by atoms with Crippen LogP contribution in [0.3, 0.4) is 0 Å². The third kappa shape index (κ3) is 8.87. The average Bonchev–Trinajstić information content (AvgIpc) is 3.16. The maximum atomic E-state index is 12.9. The van der Waals surface area contributed by atoms with Crippen LogP contribution in [0.5, 0.6) is 0 Å². The van der Waals surface area contributed by atoms with E-state index in [4.69, 9.17) is 9.47 Å². The summed E-state index contributed by atoms with van der Waals surface area (Å²) in [6.07, 6.45) is 2.02. The molecule has 0 aromatic heterocycles. The molecular weight excluding hydrogens is 353 g/mol. The monoisotopic (exact) mass is 383 g/mol. The van der Waals surface area contributed by atoms with Crippen molar-refractivity contribution in [1.82, 2.24) is 10.6 Å². The van der Waals surface area contributed by atoms with Crippen LogP contribution in [0.2, 0.25) is 0 Å². The molecule has 0 amide bonds. The lowest BCUT2D eigenvalue weighted by Crippen LogP contribution is -2.38. The Kier molecular flexibility index (Phi) is 10.5. The molecule has 0 aliphatic carbocycles. The van der Waals surface area contributed by atoms with Gasteiger partial charge in [0.2, 0.25) is 0 Å². The highest BCUT2D eigenvalue weighted by Gasteiger charge is 2.15. The van der Waals surface area contributed by atoms with Crippen molar-refractivity contribution in [2.45, 2.75) is 24.7 Å². The number of halogens is 1. The standard InChI is InChI=1S/C19H30FN3O2S/c1-2-21-19(22-9-3-11-24-14-16-8-12-25-15-16)23-10-13-26-18-6-4-17(20)5-7-18/h4-7,16H,2-3,8-15H2,1H3,(H2,21,22,23). The van der Waals surface area contributed by atoms with Crippen LogP contribution >= 0.6 is 11.8 Å². The summed E-state index contributed by atoms with van der Waals surface area (Å²) in [6, 6.07) is 6.58. The minimum Gasteiger partial charge on any atom is -0.381 e. The number of nitrogens with one attached hydrogen (secondary N) is 2. The molecule has 0 spiro atoms. The van der Waals surface area contributed by atoms with Crippen molar-refractivity contribution in [3.05, 3.63) is 30.1 Å². The molecule has 1 fully saturated rings. The van der Waals surface area contributed by atoms with Gasteiger partial charge in [0, 0.05) is 49.4 Å². The largest absolute Gasteiger partial charge is 0.381 e. The van der Waals surface area contributed by atoms with Crippen LogP contribution in [0.25, 0.3) is 0 Å². The lowest BCUT2D eigenvalue weighted by molar-refractivity contribution is 0.0893. The Morgan fingerprint density at radius 2 is 2.19 bits per heavy atom. The second-order valence-electron chi connectivity index (χ2n) is 6.15. The Labute approximate surface area is 160 Å². The van der Waals surface area contributed by atoms with Crippen LogP contribution in [0, 0.1) is 11.7 Å². The lowest BCUT2D eigenvalue weighted by Gasteiger charge is -2.11. The molecule has 1 heterocycles. The van der Waals surface area contributed by atoms with Crippen molar-refractivity contribution in [2.75, 3.05) is 51.8 Å². The molecule has 2 N–H and O–H groups in total. The van der Waals surface area contributed by atoms with Gasteiger partial charge in [0.15, 0.2) is 5.96 Å². The van der Waals surface area contributed by atoms with Gasteiger partial charge in [-0.3, -0.25) is 4.99 Å². The average molecular weight is 384 g/mol. The predicted molar refractivity (Wildman–Crippen MR) is 105 cm³/mol. The van der Waals surface area contributed by atoms with Crippen molar-refractivity contribution >= 4 is 17.7 Å². The zero-order valence-electron chi connectivity index (χ0n) is 15.5. The van der Waals surface area contributed by atoms with Crippen molar-refractivity contribution < 1.29 is 13.9 Å². The number of thioether (sulfide) groups is 1. The highest BCUT2D eigenvalue weighted by atomic mass is 32.2. The summed E-state index contributed by atoms with van der Waals surface area (Å²) in [4.78, 5) is 5.64. The lowest BCUT2D eigenvalue weighted by atomic mass is 10.1. The van der Waals surface area contributed by atoms with Gasteiger partial charge in [-0.2, -0.15) is 0 Å². The first-order chi connectivity index (χ1) is 12.8. The summed E-state index contributed by atoms with van der Waals surface area (Å²) in [5.41, 5.74) is 0. The molecule has 5 nitrogen and oxygen atoms in total. The van der Waals surface area contributed by atoms with E-state index in [1.165, 1.54) is 12.1 Å². The number of hydrogen-bond donors (Lipinski definition) is 2. The third-order valence-corrected chi connectivity index (χ3v) is 4.93. The fourth-order valence-corrected chi connectivity index (χ4v) is 3.30. The van der Waals surface area contributed by atoms with Gasteiger partial charge in [-0.05, 0) is 44.0 Å². The summed E-state index contributed by atoms with van der Waals surface area (Å²) in [5, 5.41) is 6.57. The second kappa shape index (κ2) is 12.9. The number of benzene rings is 1. The van der Waals surface area contributed by atoms with Gasteiger partial charge in [-0.15, -0.1) is 11.8 Å². The Balaban J connectivity index is 1.55. The molecule has 146 valence electrons. The molecule has 26 heavy (non-hydrogen) atoms. The maximum absolute atomic E-state index is 12.9. The number of aliphatic imine (C=N–C) groups is 1. The van der Waals surface area contributed by atoms with Crippen molar-refractivity contribution in [3.8, 4) is 0 Å². The van der Waals surface area contributed by atoms with Gasteiger partial charge in [-0.1, -0.05) is 0 Å². The predicted octanol–water partition coefficient (Wildman–Crippen LogP) is 2.92. The van der Waals surface area contributed by atoms with Crippen LogP contribution in [0.15, 0.2) is 34.2 Å². The maximum Gasteiger partial charge on any atom is 0.191 e. The van der Waals surface area contributed by atoms with E-state index in [1.54, 1.807) is 23.9 Å². The smallest absolute Gasteiger partial charge is 0.191 e. The minimum absolute atomic E-state index is 0.199. The van der Waals surface area contributed by atoms with E-state index in [-0.39, 0.29) is 5.82 Å². The van der Waals surface area contributed by atoms with Crippen molar-refractivity contribution in [2.24, 2.45) is 10.9 Å². The number of hydrogen-bond acceptors (Lipinski definition) is 4. The number of rotatable bonds is 11. The Morgan fingerprint density at radius 1 is 1.35 bits per heavy atom. The Bertz CT molecular complexity index is 522. The molecule has 2 rings (SSSR count). The van der Waals surface area contributed by atoms with E-state index < -0.39 is 0 Å². The summed E-state index contributed by atoms with van der Waals surface area (Å²) in [7, 11) is 0. The highest BCUT2D eigenvalue weighted by Crippen LogP contribution is 2.17. The molecule has 1 aromatic carbocycles. The van der Waals surface area contributed by atoms with E-state index in [0.29, 0.717) is 5.92 Å². The Morgan fingerprint density at radius 3 is 2.92 bits per heavy atom. The summed E-state index contributed by atoms with van der Waals surface area (Å²) in [5.74, 6) is 2.09. The van der Waals surface area contributed by atoms with Gasteiger partial charge in [-0.25, -0.2) is 4.39 Å². The van der Waals surface area contributed by atoms with Crippen molar-refractivity contribution in [1.29, 1.82) is 0 Å². The molecule has 1 aliphatic heterocycles. The van der Waals surface area contributed by atoms with Crippen LogP contribution in [0.1, 0.15) is 19.8 Å². The molecule has 1 saturated heterocycles. The number of ether oxygens (including phenoxy) is 2. The molecule has 0 bridgehead atoms. The van der Waals surface area contributed by atoms with E-state index in [1.807, 2.05) is 0 Å². The zero-order valence-corrected chi connectivity index (χ0v) is 16.3. The quantitative estimate of drug-likeness (QED) is 0.266. The van der Waals surface area contributed by atoms with Gasteiger partial charge in [0.05, 0.1) is 13.2 Å². The van der Waals surface area contributed by atoms with Crippen LogP contribution in [0.4, 0.5) is 4.39 Å². The summed E-state index contributed by atoms with van der Waals surface area (Å²) < 4.78 is 23.9. The van der Waals surface area contributed by atoms with Gasteiger partial charge in [0.1, 0.15) is 5.82 Å². The first-order valence-electron chi connectivity index (χ1n) is 9.34. The minimum atomic E-state index is -0.199. The first-order valence-corrected chi connectivity index (χ1v) is 10.3. The molecule has 0 saturated carbocycles. The number of guanidine groups is 1. The van der Waals surface area contributed by atoms with Gasteiger partial charge >= 0.3 is 0 Å². The van der Waals surface area contributed by atoms with Gasteiger partial charge < -0.3 is 20.1 Å². The Hall–Kier alpha value is -1.31. The van der Waals surface area contributed by atoms with E-state index in [2.05, 4.69) is 22.5 Å². The topological polar surface area (TPSA) is 54.9 Å². The SMILES string of the molecule is CCNC(=NCCCOCC1CCOC1)NCCSc1ccc(F)cc1. The highest BCUT2D eigenvalue weighted by molar-refractivity contribution is 7.99. The number of nitrogens with zero attached hydrogens (tertiary/aromatic N) is 1. The molecule has 0 radical (unpaired) electrons. The molecular formula is C19H30FN3O2S. The first kappa shape index (κ1) is 21.0. The second-order valence-corrected chi connectivity index (χ2v) is 7.32. The third-order valence-electron chi connectivity index (χ3n) is 3.92. The van der Waals surface area contributed by atoms with E-state index in [0.717, 1.165) is 75.5 Å². The normalized spacial score (nSPS) is 17.5. The van der Waals surface area contributed by atoms with Crippen molar-refractivity contribution in [3.63, 3.8) is 0 Å². The zero-order chi connectivity index (χ0) is 18.5. The van der Waals surface area contributed by atoms with Gasteiger partial charge in [0.25, 0.3) is 0 Å². The van der Waals surface area contributed by atoms with Crippen LogP contribution in [-0.4, -0.2) is 57.8 Å². The summed E-state index contributed by atoms with van der Waals surface area (Å²) >= 11 is 1.69. The van der Waals surface area contributed by atoms with Crippen LogP contribution in [-0.2, 0) is 9.47 Å². The van der Waals surface area contributed by atoms with E-state index in [9.17, 15) is 4.39 Å². The molecule has 1 aliphatic rings. The fraction of sp³-hybridized carbons (Fsp3) is 0.632. The molecule has 1 aromatic rings. The van der Waals surface area contributed by atoms with E-state index >= 15 is 0 Å². The fourth-order valence-electron chi connectivity index (χ4n) is 2.53. The molecule has 7 heteroatoms. The van der Waals surface area contributed by atoms with Crippen LogP contribution < -0.4 is 10.6 Å². The summed E-state index contributed by atoms with van der Waals surface area (Å²) in [6.45, 7) is 7.65. The molecule has 1 atom stereocenters.